The molecule has 2 unspecified atom stereocenters. The van der Waals surface area contributed by atoms with E-state index in [9.17, 15) is 14.7 Å². The summed E-state index contributed by atoms with van der Waals surface area (Å²) in [5, 5.41) is 12.3. The van der Waals surface area contributed by atoms with Crippen LogP contribution >= 0.6 is 11.6 Å². The van der Waals surface area contributed by atoms with Crippen molar-refractivity contribution in [2.24, 2.45) is 0 Å². The summed E-state index contributed by atoms with van der Waals surface area (Å²) in [6.07, 6.45) is 0.627. The Morgan fingerprint density at radius 2 is 1.72 bits per heavy atom. The van der Waals surface area contributed by atoms with Crippen LogP contribution in [-0.2, 0) is 4.79 Å². The lowest BCUT2D eigenvalue weighted by atomic mass is 10.0. The topological polar surface area (TPSA) is 80.2 Å². The van der Waals surface area contributed by atoms with Gasteiger partial charge in [0.2, 0.25) is 0 Å². The van der Waals surface area contributed by atoms with Crippen LogP contribution in [-0.4, -0.2) is 35.3 Å². The zero-order chi connectivity index (χ0) is 20.4. The normalized spacial score (nSPS) is 12.5. The molecule has 0 aliphatic rings. The molecule has 0 amide bonds. The van der Waals surface area contributed by atoms with Crippen LogP contribution in [0, 0.1) is 0 Å². The Hall–Kier alpha value is -1.92. The second kappa shape index (κ2) is 13.3. The van der Waals surface area contributed by atoms with Gasteiger partial charge in [-0.2, -0.15) is 0 Å². The van der Waals surface area contributed by atoms with Crippen molar-refractivity contribution >= 4 is 23.4 Å². The lowest BCUT2D eigenvalue weighted by Crippen LogP contribution is -3.00. The van der Waals surface area contributed by atoms with E-state index in [2.05, 4.69) is 0 Å². The average molecular weight is 440 g/mol. The Labute approximate surface area is 182 Å². The first-order chi connectivity index (χ1) is 13.5. The summed E-state index contributed by atoms with van der Waals surface area (Å²) in [6, 6.07) is 16.0. The molecule has 3 N–H and O–H groups in total. The minimum absolute atomic E-state index is 0. The number of quaternary nitrogens is 1. The number of carbonyl (C=O) groups is 2. The smallest absolute Gasteiger partial charge is 0.311 e. The molecule has 2 rings (SSSR count). The summed E-state index contributed by atoms with van der Waals surface area (Å²) in [5.74, 6) is 0.515. The third-order valence-corrected chi connectivity index (χ3v) is 4.74. The van der Waals surface area contributed by atoms with Gasteiger partial charge in [0, 0.05) is 17.9 Å². The van der Waals surface area contributed by atoms with Crippen LogP contribution in [0.1, 0.15) is 48.2 Å². The molecule has 0 fully saturated rings. The number of aliphatic hydroxyl groups is 1. The summed E-state index contributed by atoms with van der Waals surface area (Å²) in [4.78, 5) is 23.9. The summed E-state index contributed by atoms with van der Waals surface area (Å²) in [6.45, 7) is 2.52. The summed E-state index contributed by atoms with van der Waals surface area (Å²) in [7, 11) is 0. The van der Waals surface area contributed by atoms with Gasteiger partial charge in [-0.25, -0.2) is 0 Å². The first-order valence-corrected chi connectivity index (χ1v) is 10.0. The van der Waals surface area contributed by atoms with Crippen LogP contribution in [0.4, 0.5) is 0 Å². The summed E-state index contributed by atoms with van der Waals surface area (Å²) < 4.78 is 5.19. The van der Waals surface area contributed by atoms with E-state index in [0.29, 0.717) is 36.6 Å². The fourth-order valence-corrected chi connectivity index (χ4v) is 2.94. The van der Waals surface area contributed by atoms with Gasteiger partial charge in [-0.1, -0.05) is 30.3 Å². The molecule has 158 valence electrons. The number of aliphatic hydroxyl groups excluding tert-OH is 1. The van der Waals surface area contributed by atoms with Gasteiger partial charge < -0.3 is 27.6 Å². The predicted molar refractivity (Wildman–Crippen MR) is 109 cm³/mol. The van der Waals surface area contributed by atoms with Gasteiger partial charge in [-0.05, 0) is 43.2 Å². The van der Waals surface area contributed by atoms with Crippen LogP contribution in [0.25, 0.3) is 0 Å². The van der Waals surface area contributed by atoms with Crippen molar-refractivity contribution in [1.29, 1.82) is 0 Å². The molecule has 2 aromatic rings. The minimum Gasteiger partial charge on any atom is -1.00 e. The Morgan fingerprint density at radius 3 is 2.34 bits per heavy atom. The SMILES string of the molecule is CC([NH2+]CCC(=O)c1ccc(OC(=O)CCCCl)cc1)C(O)c1ccccc1.[Cl-]. The number of ether oxygens (including phenoxy) is 1. The van der Waals surface area contributed by atoms with E-state index >= 15 is 0 Å². The Bertz CT molecular complexity index is 753. The van der Waals surface area contributed by atoms with Gasteiger partial charge in [0.25, 0.3) is 0 Å². The highest BCUT2D eigenvalue weighted by Gasteiger charge is 2.19. The minimum atomic E-state index is -0.580. The molecule has 0 saturated carbocycles. The number of Topliss-reactive ketones (excluding diaryl/α,β-unsaturated/α-hetero) is 1. The summed E-state index contributed by atoms with van der Waals surface area (Å²) >= 11 is 5.55. The lowest BCUT2D eigenvalue weighted by molar-refractivity contribution is -0.693. The number of benzene rings is 2. The number of hydrogen-bond donors (Lipinski definition) is 2. The molecule has 0 saturated heterocycles. The van der Waals surface area contributed by atoms with Crippen LogP contribution < -0.4 is 22.5 Å². The monoisotopic (exact) mass is 439 g/mol. The van der Waals surface area contributed by atoms with Crippen molar-refractivity contribution in [3.05, 3.63) is 65.7 Å². The van der Waals surface area contributed by atoms with Crippen molar-refractivity contribution in [2.45, 2.75) is 38.3 Å². The van der Waals surface area contributed by atoms with Crippen molar-refractivity contribution in [3.8, 4) is 5.75 Å². The molecule has 0 radical (unpaired) electrons. The number of hydrogen-bond acceptors (Lipinski definition) is 4. The van der Waals surface area contributed by atoms with E-state index in [1.165, 1.54) is 0 Å². The predicted octanol–water partition coefficient (Wildman–Crippen LogP) is -0.127. The molecule has 0 bridgehead atoms. The van der Waals surface area contributed by atoms with Crippen LogP contribution in [0.15, 0.2) is 54.6 Å². The van der Waals surface area contributed by atoms with Crippen molar-refractivity contribution < 1.29 is 37.2 Å². The second-order valence-corrected chi connectivity index (χ2v) is 7.08. The fourth-order valence-electron chi connectivity index (χ4n) is 2.81. The van der Waals surface area contributed by atoms with Crippen LogP contribution in [0.5, 0.6) is 5.75 Å². The van der Waals surface area contributed by atoms with Gasteiger partial charge in [0.15, 0.2) is 5.78 Å². The number of halogens is 2. The van der Waals surface area contributed by atoms with E-state index in [1.807, 2.05) is 42.6 Å². The Morgan fingerprint density at radius 1 is 1.07 bits per heavy atom. The quantitative estimate of drug-likeness (QED) is 0.221. The standard InChI is InChI=1S/C22H26ClNO4.ClH/c1-16(22(27)18-6-3-2-4-7-18)24-15-13-20(25)17-9-11-19(12-10-17)28-21(26)8-5-14-23;/h2-4,6-7,9-12,16,22,24,27H,5,8,13-15H2,1H3;1H. The zero-order valence-corrected chi connectivity index (χ0v) is 17.9. The maximum absolute atomic E-state index is 12.3. The molecule has 2 atom stereocenters. The maximum atomic E-state index is 12.3. The van der Waals surface area contributed by atoms with Gasteiger partial charge in [-0.15, -0.1) is 11.6 Å². The van der Waals surface area contributed by atoms with E-state index < -0.39 is 6.10 Å². The molecular formula is C22H27Cl2NO4. The largest absolute Gasteiger partial charge is 1.00 e. The van der Waals surface area contributed by atoms with E-state index in [1.54, 1.807) is 24.3 Å². The third kappa shape index (κ3) is 8.54. The highest BCUT2D eigenvalue weighted by Crippen LogP contribution is 2.15. The first-order valence-electron chi connectivity index (χ1n) is 9.47. The molecule has 7 heteroatoms. The van der Waals surface area contributed by atoms with Crippen LogP contribution in [0.3, 0.4) is 0 Å². The van der Waals surface area contributed by atoms with Crippen LogP contribution in [0.2, 0.25) is 0 Å². The number of nitrogens with two attached hydrogens (primary N) is 1. The number of alkyl halides is 1. The maximum Gasteiger partial charge on any atom is 0.311 e. The highest BCUT2D eigenvalue weighted by molar-refractivity contribution is 6.17. The van der Waals surface area contributed by atoms with E-state index in [4.69, 9.17) is 16.3 Å². The van der Waals surface area contributed by atoms with Gasteiger partial charge in [-0.3, -0.25) is 9.59 Å². The molecule has 0 aliphatic carbocycles. The molecular weight excluding hydrogens is 413 g/mol. The molecule has 0 aliphatic heterocycles. The number of rotatable bonds is 11. The lowest BCUT2D eigenvalue weighted by Gasteiger charge is -2.17. The van der Waals surface area contributed by atoms with Crippen molar-refractivity contribution in [3.63, 3.8) is 0 Å². The second-order valence-electron chi connectivity index (χ2n) is 6.70. The number of esters is 1. The summed E-state index contributed by atoms with van der Waals surface area (Å²) in [5.41, 5.74) is 1.44. The molecule has 0 heterocycles. The van der Waals surface area contributed by atoms with Gasteiger partial charge >= 0.3 is 5.97 Å². The van der Waals surface area contributed by atoms with Gasteiger partial charge in [0.05, 0.1) is 13.0 Å². The highest BCUT2D eigenvalue weighted by atomic mass is 35.5. The molecule has 0 spiro atoms. The van der Waals surface area contributed by atoms with Crippen molar-refractivity contribution in [2.75, 3.05) is 12.4 Å². The zero-order valence-electron chi connectivity index (χ0n) is 16.4. The fraction of sp³-hybridized carbons (Fsp3) is 0.364. The number of carbonyl (C=O) groups excluding carboxylic acids is 2. The Balaban J connectivity index is 0.00000420. The first kappa shape index (κ1) is 25.1. The van der Waals surface area contributed by atoms with E-state index in [-0.39, 0.29) is 36.6 Å². The molecule has 0 aromatic heterocycles. The van der Waals surface area contributed by atoms with Crippen molar-refractivity contribution in [1.82, 2.24) is 0 Å². The van der Waals surface area contributed by atoms with E-state index in [0.717, 1.165) is 5.56 Å². The van der Waals surface area contributed by atoms with Gasteiger partial charge in [0.1, 0.15) is 17.9 Å². The molecule has 5 nitrogen and oxygen atoms in total. The molecule has 2 aromatic carbocycles. The average Bonchev–Trinajstić information content (AvgIpc) is 2.72. The Kier molecular flexibility index (Phi) is 11.5. The third-order valence-electron chi connectivity index (χ3n) is 4.47. The molecule has 29 heavy (non-hydrogen) atoms. The number of ketones is 1.